The molecule has 80 valence electrons. The largest absolute Gasteiger partial charge is 0.279 e. The van der Waals surface area contributed by atoms with Gasteiger partial charge in [-0.2, -0.15) is 0 Å². The fourth-order valence-electron chi connectivity index (χ4n) is 1.73. The fourth-order valence-corrected chi connectivity index (χ4v) is 1.84. The Morgan fingerprint density at radius 1 is 1.15 bits per heavy atom. The maximum absolute atomic E-state index is 5.17. The van der Waals surface area contributed by atoms with Crippen LogP contribution in [0.15, 0.2) is 0 Å². The summed E-state index contributed by atoms with van der Waals surface area (Å²) in [6.45, 7) is 9.85. The van der Waals surface area contributed by atoms with E-state index >= 15 is 0 Å². The van der Waals surface area contributed by atoms with Crippen molar-refractivity contribution in [3.8, 4) is 0 Å². The summed E-state index contributed by atoms with van der Waals surface area (Å²) in [6, 6.07) is 0. The van der Waals surface area contributed by atoms with Gasteiger partial charge in [-0.15, -0.1) is 0 Å². The Morgan fingerprint density at radius 2 is 1.77 bits per heavy atom. The minimum atomic E-state index is 0.683. The van der Waals surface area contributed by atoms with Crippen LogP contribution in [0.2, 0.25) is 0 Å². The lowest BCUT2D eigenvalue weighted by Gasteiger charge is -2.22. The molecule has 0 radical (unpaired) electrons. The molecule has 0 aromatic heterocycles. The molecule has 0 saturated heterocycles. The second kappa shape index (κ2) is 7.64. The van der Waals surface area contributed by atoms with E-state index in [4.69, 9.17) is 11.9 Å². The van der Waals surface area contributed by atoms with Gasteiger partial charge in [0.25, 0.3) is 0 Å². The minimum absolute atomic E-state index is 0.683. The van der Waals surface area contributed by atoms with Crippen molar-refractivity contribution < 1.29 is 4.29 Å². The van der Waals surface area contributed by atoms with E-state index < -0.39 is 0 Å². The Morgan fingerprint density at radius 3 is 2.15 bits per heavy atom. The Bertz CT molecular complexity index is 113. The highest BCUT2D eigenvalue weighted by Crippen LogP contribution is 2.24. The maximum Gasteiger partial charge on any atom is 0.0682 e. The van der Waals surface area contributed by atoms with Gasteiger partial charge in [-0.25, -0.2) is 0 Å². The molecule has 0 rings (SSSR count). The Hall–Kier alpha value is 0.250. The summed E-state index contributed by atoms with van der Waals surface area (Å²) in [5, 5.41) is 0. The maximum atomic E-state index is 5.17. The topological polar surface area (TPSA) is 9.23 Å². The molecule has 0 fully saturated rings. The highest BCUT2D eigenvalue weighted by Gasteiger charge is 2.14. The molecular formula is C11H23ClO. The van der Waals surface area contributed by atoms with Crippen molar-refractivity contribution in [2.45, 2.75) is 47.0 Å². The summed E-state index contributed by atoms with van der Waals surface area (Å²) in [6.07, 6.45) is 3.64. The molecule has 0 aliphatic heterocycles. The average Bonchev–Trinajstić information content (AvgIpc) is 2.02. The first-order valence-electron chi connectivity index (χ1n) is 5.31. The summed E-state index contributed by atoms with van der Waals surface area (Å²) in [7, 11) is 0. The molecule has 13 heavy (non-hydrogen) atoms. The van der Waals surface area contributed by atoms with Gasteiger partial charge in [0.15, 0.2) is 0 Å². The van der Waals surface area contributed by atoms with Crippen LogP contribution in [-0.4, -0.2) is 6.61 Å². The average molecular weight is 207 g/mol. The molecular weight excluding hydrogens is 184 g/mol. The zero-order valence-corrected chi connectivity index (χ0v) is 10.1. The van der Waals surface area contributed by atoms with E-state index in [-0.39, 0.29) is 0 Å². The molecule has 0 N–H and O–H groups in total. The van der Waals surface area contributed by atoms with Gasteiger partial charge in [-0.05, 0) is 37.0 Å². The quantitative estimate of drug-likeness (QED) is 0.566. The molecule has 0 heterocycles. The SMILES string of the molecule is CC(C)CC(CCCOCl)C(C)C. The Labute approximate surface area is 88.0 Å². The van der Waals surface area contributed by atoms with Crippen LogP contribution in [0.4, 0.5) is 0 Å². The predicted molar refractivity (Wildman–Crippen MR) is 58.8 cm³/mol. The monoisotopic (exact) mass is 206 g/mol. The number of halogens is 1. The minimum Gasteiger partial charge on any atom is -0.279 e. The standard InChI is InChI=1S/C11H23ClO/c1-9(2)8-11(10(3)4)6-5-7-13-12/h9-11H,5-8H2,1-4H3. The normalized spacial score (nSPS) is 14.1. The molecule has 0 amide bonds. The lowest BCUT2D eigenvalue weighted by atomic mass is 9.84. The van der Waals surface area contributed by atoms with Crippen LogP contribution in [0.25, 0.3) is 0 Å². The molecule has 0 bridgehead atoms. The zero-order valence-electron chi connectivity index (χ0n) is 9.35. The van der Waals surface area contributed by atoms with Gasteiger partial charge < -0.3 is 0 Å². The van der Waals surface area contributed by atoms with Crippen LogP contribution in [-0.2, 0) is 4.29 Å². The predicted octanol–water partition coefficient (Wildman–Crippen LogP) is 4.26. The first-order valence-corrected chi connectivity index (χ1v) is 5.62. The summed E-state index contributed by atoms with van der Waals surface area (Å²) in [5.41, 5.74) is 0. The zero-order chi connectivity index (χ0) is 10.3. The summed E-state index contributed by atoms with van der Waals surface area (Å²) in [4.78, 5) is 0. The van der Waals surface area contributed by atoms with E-state index in [1.807, 2.05) is 0 Å². The third-order valence-corrected chi connectivity index (χ3v) is 2.67. The van der Waals surface area contributed by atoms with Gasteiger partial charge in [0.05, 0.1) is 18.5 Å². The van der Waals surface area contributed by atoms with Crippen LogP contribution in [0.5, 0.6) is 0 Å². The second-order valence-corrected chi connectivity index (χ2v) is 4.81. The van der Waals surface area contributed by atoms with Crippen LogP contribution in [0.3, 0.4) is 0 Å². The number of rotatable bonds is 7. The lowest BCUT2D eigenvalue weighted by molar-refractivity contribution is 0.260. The first-order chi connectivity index (χ1) is 6.07. The van der Waals surface area contributed by atoms with E-state index in [0.29, 0.717) is 6.61 Å². The molecule has 1 atom stereocenters. The van der Waals surface area contributed by atoms with Crippen LogP contribution in [0, 0.1) is 17.8 Å². The number of hydrogen-bond donors (Lipinski definition) is 0. The van der Waals surface area contributed by atoms with E-state index in [2.05, 4.69) is 32.0 Å². The van der Waals surface area contributed by atoms with Crippen LogP contribution in [0.1, 0.15) is 47.0 Å². The highest BCUT2D eigenvalue weighted by atomic mass is 35.5. The van der Waals surface area contributed by atoms with Crippen LogP contribution < -0.4 is 0 Å². The number of hydrogen-bond acceptors (Lipinski definition) is 1. The summed E-state index contributed by atoms with van der Waals surface area (Å²) >= 11 is 5.17. The smallest absolute Gasteiger partial charge is 0.0682 e. The van der Waals surface area contributed by atoms with E-state index in [1.165, 1.54) is 12.8 Å². The molecule has 0 spiro atoms. The second-order valence-electron chi connectivity index (χ2n) is 4.59. The van der Waals surface area contributed by atoms with Gasteiger partial charge in [0.2, 0.25) is 0 Å². The molecule has 1 nitrogen and oxygen atoms in total. The van der Waals surface area contributed by atoms with Crippen LogP contribution >= 0.6 is 11.9 Å². The lowest BCUT2D eigenvalue weighted by Crippen LogP contribution is -2.12. The molecule has 0 aliphatic carbocycles. The molecule has 0 aliphatic rings. The molecule has 0 aromatic carbocycles. The Kier molecular flexibility index (Phi) is 7.78. The van der Waals surface area contributed by atoms with Crippen molar-refractivity contribution in [1.82, 2.24) is 0 Å². The highest BCUT2D eigenvalue weighted by molar-refractivity contribution is 6.07. The van der Waals surface area contributed by atoms with Crippen molar-refractivity contribution in [1.29, 1.82) is 0 Å². The Balaban J connectivity index is 3.67. The van der Waals surface area contributed by atoms with Crippen molar-refractivity contribution >= 4 is 11.9 Å². The van der Waals surface area contributed by atoms with Crippen molar-refractivity contribution in [2.24, 2.45) is 17.8 Å². The fraction of sp³-hybridized carbons (Fsp3) is 1.00. The third kappa shape index (κ3) is 7.33. The van der Waals surface area contributed by atoms with E-state index in [1.54, 1.807) is 0 Å². The molecule has 0 aromatic rings. The van der Waals surface area contributed by atoms with Crippen molar-refractivity contribution in [3.05, 3.63) is 0 Å². The van der Waals surface area contributed by atoms with E-state index in [0.717, 1.165) is 24.2 Å². The first kappa shape index (κ1) is 13.2. The van der Waals surface area contributed by atoms with Crippen molar-refractivity contribution in [2.75, 3.05) is 6.61 Å². The molecule has 2 heteroatoms. The van der Waals surface area contributed by atoms with Gasteiger partial charge >= 0.3 is 0 Å². The van der Waals surface area contributed by atoms with Gasteiger partial charge in [-0.3, -0.25) is 4.29 Å². The van der Waals surface area contributed by atoms with Gasteiger partial charge in [-0.1, -0.05) is 27.7 Å². The summed E-state index contributed by atoms with van der Waals surface area (Å²) < 4.78 is 4.55. The summed E-state index contributed by atoms with van der Waals surface area (Å²) in [5.74, 6) is 2.40. The third-order valence-electron chi connectivity index (χ3n) is 2.51. The molecule has 0 saturated carbocycles. The van der Waals surface area contributed by atoms with Gasteiger partial charge in [0.1, 0.15) is 0 Å². The molecule has 1 unspecified atom stereocenters. The van der Waals surface area contributed by atoms with E-state index in [9.17, 15) is 0 Å². The van der Waals surface area contributed by atoms with Crippen molar-refractivity contribution in [3.63, 3.8) is 0 Å². The van der Waals surface area contributed by atoms with Gasteiger partial charge in [0, 0.05) is 0 Å².